The van der Waals surface area contributed by atoms with Gasteiger partial charge in [-0.15, -0.1) is 0 Å². The van der Waals surface area contributed by atoms with E-state index in [0.717, 1.165) is 5.56 Å². The van der Waals surface area contributed by atoms with Crippen molar-refractivity contribution in [2.75, 3.05) is 5.32 Å². The van der Waals surface area contributed by atoms with E-state index >= 15 is 0 Å². The van der Waals surface area contributed by atoms with Gasteiger partial charge in [0.15, 0.2) is 5.78 Å². The highest BCUT2D eigenvalue weighted by Crippen LogP contribution is 2.13. The van der Waals surface area contributed by atoms with Gasteiger partial charge in [-0.1, -0.05) is 30.3 Å². The molecule has 2 N–H and O–H groups in total. The quantitative estimate of drug-likeness (QED) is 0.617. The Morgan fingerprint density at radius 2 is 1.54 bits per heavy atom. The minimum atomic E-state index is -0.372. The van der Waals surface area contributed by atoms with Crippen molar-refractivity contribution < 1.29 is 14.4 Å². The van der Waals surface area contributed by atoms with Crippen LogP contribution >= 0.6 is 0 Å². The van der Waals surface area contributed by atoms with E-state index in [1.165, 1.54) is 13.0 Å². The second-order valence-electron chi connectivity index (χ2n) is 6.06. The molecular formula is C21H22N2O3. The summed E-state index contributed by atoms with van der Waals surface area (Å²) in [5, 5.41) is 5.53. The largest absolute Gasteiger partial charge is 0.346 e. The fourth-order valence-corrected chi connectivity index (χ4v) is 2.36. The first-order valence-electron chi connectivity index (χ1n) is 8.33. The number of carbonyl (C=O) groups excluding carboxylic acids is 3. The summed E-state index contributed by atoms with van der Waals surface area (Å²) < 4.78 is 0. The molecule has 0 saturated heterocycles. The molecule has 0 radical (unpaired) electrons. The van der Waals surface area contributed by atoms with E-state index in [2.05, 4.69) is 10.6 Å². The van der Waals surface area contributed by atoms with Gasteiger partial charge in [0.05, 0.1) is 6.04 Å². The summed E-state index contributed by atoms with van der Waals surface area (Å²) in [4.78, 5) is 35.6. The highest BCUT2D eigenvalue weighted by Gasteiger charge is 2.11. The Kier molecular flexibility index (Phi) is 6.44. The van der Waals surface area contributed by atoms with Gasteiger partial charge in [-0.25, -0.2) is 0 Å². The van der Waals surface area contributed by atoms with Crippen molar-refractivity contribution in [2.24, 2.45) is 0 Å². The molecule has 0 aliphatic carbocycles. The number of ketones is 1. The first-order chi connectivity index (χ1) is 12.4. The topological polar surface area (TPSA) is 75.3 Å². The molecule has 0 saturated carbocycles. The number of amides is 2. The van der Waals surface area contributed by atoms with Crippen LogP contribution in [0.15, 0.2) is 66.2 Å². The molecule has 5 nitrogen and oxygen atoms in total. The molecule has 0 spiro atoms. The lowest BCUT2D eigenvalue weighted by molar-refractivity contribution is -0.118. The van der Waals surface area contributed by atoms with Gasteiger partial charge in [0, 0.05) is 22.9 Å². The Hall–Kier alpha value is -3.21. The number of Topliss-reactive ketones (excluding diaryl/α,β-unsaturated/α-hetero) is 1. The van der Waals surface area contributed by atoms with Crippen LogP contribution in [-0.4, -0.2) is 17.6 Å². The molecule has 2 rings (SSSR count). The molecule has 2 aromatic rings. The number of nitrogens with one attached hydrogen (secondary N) is 2. The van der Waals surface area contributed by atoms with E-state index in [4.69, 9.17) is 0 Å². The summed E-state index contributed by atoms with van der Waals surface area (Å²) in [5.41, 5.74) is 2.41. The Balaban J connectivity index is 1.95. The second kappa shape index (κ2) is 8.76. The first-order valence-corrected chi connectivity index (χ1v) is 8.33. The molecule has 0 aliphatic rings. The van der Waals surface area contributed by atoms with Crippen molar-refractivity contribution in [1.82, 2.24) is 5.32 Å². The molecule has 0 bridgehead atoms. The van der Waals surface area contributed by atoms with Crippen LogP contribution in [0.4, 0.5) is 5.69 Å². The van der Waals surface area contributed by atoms with E-state index in [9.17, 15) is 14.4 Å². The molecule has 2 amide bonds. The Bertz CT molecular complexity index is 824. The van der Waals surface area contributed by atoms with E-state index in [1.54, 1.807) is 31.2 Å². The lowest BCUT2D eigenvalue weighted by Crippen LogP contribution is -2.26. The van der Waals surface area contributed by atoms with Crippen LogP contribution in [0.3, 0.4) is 0 Å². The SMILES string of the molecule is CC(=O)c1ccc(NC(=O)/C(C)=C\C(=O)NC(C)c2ccccc2)cc1. The van der Waals surface area contributed by atoms with Gasteiger partial charge in [0.2, 0.25) is 5.91 Å². The fourth-order valence-electron chi connectivity index (χ4n) is 2.36. The van der Waals surface area contributed by atoms with Crippen molar-refractivity contribution >= 4 is 23.3 Å². The highest BCUT2D eigenvalue weighted by molar-refractivity contribution is 6.07. The third kappa shape index (κ3) is 5.41. The van der Waals surface area contributed by atoms with Gasteiger partial charge >= 0.3 is 0 Å². The van der Waals surface area contributed by atoms with E-state index in [-0.39, 0.29) is 23.6 Å². The van der Waals surface area contributed by atoms with Crippen LogP contribution in [0, 0.1) is 0 Å². The minimum Gasteiger partial charge on any atom is -0.346 e. The first kappa shape index (κ1) is 19.1. The number of hydrogen-bond donors (Lipinski definition) is 2. The van der Waals surface area contributed by atoms with Crippen LogP contribution in [-0.2, 0) is 9.59 Å². The summed E-state index contributed by atoms with van der Waals surface area (Å²) in [7, 11) is 0. The third-order valence-electron chi connectivity index (χ3n) is 3.91. The van der Waals surface area contributed by atoms with Gasteiger partial charge in [-0.05, 0) is 50.6 Å². The average Bonchev–Trinajstić information content (AvgIpc) is 2.62. The number of hydrogen-bond acceptors (Lipinski definition) is 3. The molecule has 5 heteroatoms. The zero-order valence-electron chi connectivity index (χ0n) is 15.1. The van der Waals surface area contributed by atoms with Crippen molar-refractivity contribution in [2.45, 2.75) is 26.8 Å². The number of anilines is 1. The van der Waals surface area contributed by atoms with Crippen molar-refractivity contribution in [3.05, 3.63) is 77.4 Å². The molecule has 0 fully saturated rings. The Morgan fingerprint density at radius 3 is 2.12 bits per heavy atom. The second-order valence-corrected chi connectivity index (χ2v) is 6.06. The van der Waals surface area contributed by atoms with Gasteiger partial charge < -0.3 is 10.6 Å². The summed E-state index contributed by atoms with van der Waals surface area (Å²) in [5.74, 6) is -0.743. The van der Waals surface area contributed by atoms with Crippen molar-refractivity contribution in [3.8, 4) is 0 Å². The molecule has 134 valence electrons. The normalized spacial score (nSPS) is 12.2. The van der Waals surface area contributed by atoms with Gasteiger partial charge in [-0.3, -0.25) is 14.4 Å². The van der Waals surface area contributed by atoms with Gasteiger partial charge in [0.25, 0.3) is 5.91 Å². The van der Waals surface area contributed by atoms with Crippen LogP contribution in [0.25, 0.3) is 0 Å². The molecule has 0 heterocycles. The average molecular weight is 350 g/mol. The Labute approximate surface area is 153 Å². The predicted octanol–water partition coefficient (Wildman–Crippen LogP) is 3.65. The molecule has 0 aromatic heterocycles. The summed E-state index contributed by atoms with van der Waals surface area (Å²) >= 11 is 0. The number of benzene rings is 2. The standard InChI is InChI=1S/C21H22N2O3/c1-14(13-20(25)22-15(2)17-7-5-4-6-8-17)21(26)23-19-11-9-18(10-12-19)16(3)24/h4-13,15H,1-3H3,(H,22,25)(H,23,26)/b14-13-. The summed E-state index contributed by atoms with van der Waals surface area (Å²) in [6.45, 7) is 4.94. The van der Waals surface area contributed by atoms with Gasteiger partial charge in [0.1, 0.15) is 0 Å². The van der Waals surface area contributed by atoms with Crippen molar-refractivity contribution in [3.63, 3.8) is 0 Å². The Morgan fingerprint density at radius 1 is 0.923 bits per heavy atom. The molecular weight excluding hydrogens is 328 g/mol. The van der Waals surface area contributed by atoms with E-state index in [0.29, 0.717) is 16.8 Å². The monoisotopic (exact) mass is 350 g/mol. The third-order valence-corrected chi connectivity index (χ3v) is 3.91. The highest BCUT2D eigenvalue weighted by atomic mass is 16.2. The smallest absolute Gasteiger partial charge is 0.251 e. The maximum atomic E-state index is 12.2. The molecule has 1 atom stereocenters. The lowest BCUT2D eigenvalue weighted by atomic mass is 10.1. The van der Waals surface area contributed by atoms with E-state index < -0.39 is 0 Å². The fraction of sp³-hybridized carbons (Fsp3) is 0.190. The van der Waals surface area contributed by atoms with E-state index in [1.807, 2.05) is 37.3 Å². The molecule has 1 unspecified atom stereocenters. The van der Waals surface area contributed by atoms with Crippen LogP contribution in [0.5, 0.6) is 0 Å². The number of rotatable bonds is 6. The lowest BCUT2D eigenvalue weighted by Gasteiger charge is -2.13. The molecule has 0 aliphatic heterocycles. The van der Waals surface area contributed by atoms with Crippen LogP contribution in [0.2, 0.25) is 0 Å². The van der Waals surface area contributed by atoms with Gasteiger partial charge in [-0.2, -0.15) is 0 Å². The predicted molar refractivity (Wildman–Crippen MR) is 102 cm³/mol. The maximum Gasteiger partial charge on any atom is 0.251 e. The van der Waals surface area contributed by atoms with Crippen LogP contribution in [0.1, 0.15) is 42.7 Å². The minimum absolute atomic E-state index is 0.0387. The molecule has 26 heavy (non-hydrogen) atoms. The summed E-state index contributed by atoms with van der Waals surface area (Å²) in [6.07, 6.45) is 1.28. The maximum absolute atomic E-state index is 12.2. The molecule has 2 aromatic carbocycles. The van der Waals surface area contributed by atoms with Crippen molar-refractivity contribution in [1.29, 1.82) is 0 Å². The summed E-state index contributed by atoms with van der Waals surface area (Å²) in [6, 6.07) is 16.0. The zero-order valence-corrected chi connectivity index (χ0v) is 15.1. The zero-order chi connectivity index (χ0) is 19.1. The van der Waals surface area contributed by atoms with Crippen LogP contribution < -0.4 is 10.6 Å². The number of carbonyl (C=O) groups is 3.